The van der Waals surface area contributed by atoms with E-state index in [9.17, 15) is 0 Å². The van der Waals surface area contributed by atoms with Gasteiger partial charge in [0.2, 0.25) is 0 Å². The fraction of sp³-hybridized carbons (Fsp3) is 1.00. The second-order valence-electron chi connectivity index (χ2n) is 4.07. The first-order chi connectivity index (χ1) is 5.27. The molecule has 11 heavy (non-hydrogen) atoms. The molecule has 1 aliphatic heterocycles. The summed E-state index contributed by atoms with van der Waals surface area (Å²) in [5, 5.41) is 0. The Morgan fingerprint density at radius 2 is 2.27 bits per heavy atom. The molecule has 1 saturated heterocycles. The molecule has 2 rings (SSSR count). The highest BCUT2D eigenvalue weighted by Crippen LogP contribution is 2.45. The topological polar surface area (TPSA) is 29.3 Å². The van der Waals surface area contributed by atoms with Gasteiger partial charge in [-0.3, -0.25) is 4.90 Å². The summed E-state index contributed by atoms with van der Waals surface area (Å²) in [5.41, 5.74) is 6.47. The summed E-state index contributed by atoms with van der Waals surface area (Å²) in [6.07, 6.45) is 5.36. The number of hydrogen-bond acceptors (Lipinski definition) is 2. The molecule has 1 aliphatic carbocycles. The molecule has 2 fully saturated rings. The van der Waals surface area contributed by atoms with Gasteiger partial charge in [-0.1, -0.05) is 6.92 Å². The maximum absolute atomic E-state index is 5.86. The molecule has 2 N–H and O–H groups in total. The highest BCUT2D eigenvalue weighted by Gasteiger charge is 2.47. The monoisotopic (exact) mass is 154 g/mol. The molecule has 1 atom stereocenters. The van der Waals surface area contributed by atoms with E-state index >= 15 is 0 Å². The number of nitrogens with two attached hydrogens (primary N) is 1. The molecule has 1 unspecified atom stereocenters. The first-order valence-corrected chi connectivity index (χ1v) is 4.77. The smallest absolute Gasteiger partial charge is 0.0209 e. The van der Waals surface area contributed by atoms with E-state index in [4.69, 9.17) is 5.73 Å². The van der Waals surface area contributed by atoms with Gasteiger partial charge in [0.1, 0.15) is 0 Å². The number of rotatable bonds is 2. The quantitative estimate of drug-likeness (QED) is 0.642. The summed E-state index contributed by atoms with van der Waals surface area (Å²) in [4.78, 5) is 2.61. The molecule has 0 aromatic carbocycles. The summed E-state index contributed by atoms with van der Waals surface area (Å²) in [6.45, 7) is 4.69. The lowest BCUT2D eigenvalue weighted by Crippen LogP contribution is -2.36. The zero-order chi connectivity index (χ0) is 7.90. The Morgan fingerprint density at radius 3 is 2.64 bits per heavy atom. The van der Waals surface area contributed by atoms with Crippen LogP contribution in [0.15, 0.2) is 0 Å². The van der Waals surface area contributed by atoms with Gasteiger partial charge in [0.25, 0.3) is 0 Å². The zero-order valence-electron chi connectivity index (χ0n) is 7.34. The minimum Gasteiger partial charge on any atom is -0.326 e. The van der Waals surface area contributed by atoms with Gasteiger partial charge in [-0.2, -0.15) is 0 Å². The Hall–Kier alpha value is -0.0800. The van der Waals surface area contributed by atoms with Gasteiger partial charge in [0.15, 0.2) is 0 Å². The van der Waals surface area contributed by atoms with E-state index in [-0.39, 0.29) is 0 Å². The van der Waals surface area contributed by atoms with Crippen LogP contribution < -0.4 is 5.73 Å². The molecule has 2 nitrogen and oxygen atoms in total. The Balaban J connectivity index is 1.95. The average molecular weight is 154 g/mol. The predicted molar refractivity (Wildman–Crippen MR) is 46.4 cm³/mol. The summed E-state index contributed by atoms with van der Waals surface area (Å²) in [5.74, 6) is 0. The van der Waals surface area contributed by atoms with Crippen molar-refractivity contribution in [3.8, 4) is 0 Å². The Kier molecular flexibility index (Phi) is 1.69. The third-order valence-corrected chi connectivity index (χ3v) is 3.38. The molecule has 0 bridgehead atoms. The number of hydrogen-bond donors (Lipinski definition) is 1. The molecule has 1 heterocycles. The fourth-order valence-electron chi connectivity index (χ4n) is 2.26. The largest absolute Gasteiger partial charge is 0.326 e. The Labute approximate surface area is 68.7 Å². The van der Waals surface area contributed by atoms with Crippen molar-refractivity contribution in [2.24, 2.45) is 5.73 Å². The van der Waals surface area contributed by atoms with Crippen LogP contribution in [0.1, 0.15) is 32.6 Å². The van der Waals surface area contributed by atoms with Crippen molar-refractivity contribution in [2.45, 2.75) is 44.2 Å². The van der Waals surface area contributed by atoms with Crippen LogP contribution in [0.3, 0.4) is 0 Å². The van der Waals surface area contributed by atoms with E-state index in [2.05, 4.69) is 11.8 Å². The van der Waals surface area contributed by atoms with Crippen LogP contribution in [0, 0.1) is 0 Å². The predicted octanol–water partition coefficient (Wildman–Crippen LogP) is 0.962. The highest BCUT2D eigenvalue weighted by molar-refractivity contribution is 5.05. The van der Waals surface area contributed by atoms with Crippen molar-refractivity contribution >= 4 is 0 Å². The summed E-state index contributed by atoms with van der Waals surface area (Å²) >= 11 is 0. The minimum atomic E-state index is 0.457. The molecular weight excluding hydrogens is 136 g/mol. The summed E-state index contributed by atoms with van der Waals surface area (Å²) < 4.78 is 0. The standard InChI is InChI=1S/C9H18N2/c1-2-9(4-5-9)11-6-3-8(10)7-11/h8H,2-7,10H2,1H3. The first kappa shape index (κ1) is 7.56. The number of likely N-dealkylation sites (tertiary alicyclic amines) is 1. The van der Waals surface area contributed by atoms with Crippen LogP contribution in [-0.4, -0.2) is 29.6 Å². The lowest BCUT2D eigenvalue weighted by Gasteiger charge is -2.26. The maximum atomic E-state index is 5.86. The second kappa shape index (κ2) is 2.46. The van der Waals surface area contributed by atoms with Crippen LogP contribution in [0.25, 0.3) is 0 Å². The van der Waals surface area contributed by atoms with Crippen molar-refractivity contribution in [1.82, 2.24) is 4.90 Å². The maximum Gasteiger partial charge on any atom is 0.0209 e. The average Bonchev–Trinajstić information content (AvgIpc) is 2.70. The first-order valence-electron chi connectivity index (χ1n) is 4.77. The third-order valence-electron chi connectivity index (χ3n) is 3.38. The van der Waals surface area contributed by atoms with Crippen molar-refractivity contribution in [3.05, 3.63) is 0 Å². The Bertz CT molecular complexity index is 152. The molecular formula is C9H18N2. The number of nitrogens with zero attached hydrogens (tertiary/aromatic N) is 1. The Morgan fingerprint density at radius 1 is 1.55 bits per heavy atom. The van der Waals surface area contributed by atoms with Crippen LogP contribution in [0.5, 0.6) is 0 Å². The molecule has 2 aliphatic rings. The molecule has 64 valence electrons. The van der Waals surface area contributed by atoms with Gasteiger partial charge in [-0.05, 0) is 25.7 Å². The van der Waals surface area contributed by atoms with Crippen LogP contribution in [0.2, 0.25) is 0 Å². The van der Waals surface area contributed by atoms with Gasteiger partial charge in [-0.25, -0.2) is 0 Å². The normalized spacial score (nSPS) is 36.0. The van der Waals surface area contributed by atoms with Crippen LogP contribution in [-0.2, 0) is 0 Å². The summed E-state index contributed by atoms with van der Waals surface area (Å²) in [6, 6.07) is 0.457. The van der Waals surface area contributed by atoms with Crippen molar-refractivity contribution in [1.29, 1.82) is 0 Å². The van der Waals surface area contributed by atoms with Gasteiger partial charge < -0.3 is 5.73 Å². The van der Waals surface area contributed by atoms with Crippen LogP contribution >= 0.6 is 0 Å². The van der Waals surface area contributed by atoms with Gasteiger partial charge in [-0.15, -0.1) is 0 Å². The molecule has 0 aromatic heterocycles. The molecule has 0 amide bonds. The second-order valence-corrected chi connectivity index (χ2v) is 4.07. The van der Waals surface area contributed by atoms with E-state index < -0.39 is 0 Å². The molecule has 0 radical (unpaired) electrons. The highest BCUT2D eigenvalue weighted by atomic mass is 15.3. The van der Waals surface area contributed by atoms with E-state index in [1.54, 1.807) is 0 Å². The van der Waals surface area contributed by atoms with Gasteiger partial charge >= 0.3 is 0 Å². The summed E-state index contributed by atoms with van der Waals surface area (Å²) in [7, 11) is 0. The molecule has 0 aromatic rings. The zero-order valence-corrected chi connectivity index (χ0v) is 7.34. The molecule has 2 heteroatoms. The van der Waals surface area contributed by atoms with E-state index in [1.165, 1.54) is 32.2 Å². The third kappa shape index (κ3) is 1.18. The minimum absolute atomic E-state index is 0.457. The van der Waals surface area contributed by atoms with E-state index in [1.807, 2.05) is 0 Å². The lowest BCUT2D eigenvalue weighted by atomic mass is 10.2. The van der Waals surface area contributed by atoms with E-state index in [0.29, 0.717) is 11.6 Å². The molecule has 1 saturated carbocycles. The van der Waals surface area contributed by atoms with Gasteiger partial charge in [0, 0.05) is 24.7 Å². The van der Waals surface area contributed by atoms with Gasteiger partial charge in [0.05, 0.1) is 0 Å². The lowest BCUT2D eigenvalue weighted by molar-refractivity contribution is 0.212. The van der Waals surface area contributed by atoms with Crippen molar-refractivity contribution in [2.75, 3.05) is 13.1 Å². The SMILES string of the molecule is CCC1(N2CCC(N)C2)CC1. The van der Waals surface area contributed by atoms with Crippen LogP contribution in [0.4, 0.5) is 0 Å². The van der Waals surface area contributed by atoms with Crippen molar-refractivity contribution in [3.63, 3.8) is 0 Å². The fourth-order valence-corrected chi connectivity index (χ4v) is 2.26. The van der Waals surface area contributed by atoms with E-state index in [0.717, 1.165) is 6.54 Å². The molecule has 0 spiro atoms. The van der Waals surface area contributed by atoms with Crippen molar-refractivity contribution < 1.29 is 0 Å².